The molecule has 2 unspecified atom stereocenters. The second kappa shape index (κ2) is 7.09. The number of hydrogen-bond donors (Lipinski definition) is 1. The zero-order chi connectivity index (χ0) is 14.5. The fourth-order valence-electron chi connectivity index (χ4n) is 2.94. The molecule has 0 aromatic heterocycles. The molecule has 1 aliphatic heterocycles. The Hall–Kier alpha value is -1.06. The predicted molar refractivity (Wildman–Crippen MR) is 85.3 cm³/mol. The van der Waals surface area contributed by atoms with Gasteiger partial charge in [-0.05, 0) is 62.3 Å². The van der Waals surface area contributed by atoms with Crippen LogP contribution in [0.2, 0.25) is 0 Å². The third kappa shape index (κ3) is 4.22. The first-order valence-electron chi connectivity index (χ1n) is 7.70. The summed E-state index contributed by atoms with van der Waals surface area (Å²) in [6.45, 7) is 7.16. The number of anilines is 1. The van der Waals surface area contributed by atoms with Gasteiger partial charge in [-0.25, -0.2) is 0 Å². The monoisotopic (exact) mass is 276 g/mol. The first-order valence-corrected chi connectivity index (χ1v) is 7.70. The summed E-state index contributed by atoms with van der Waals surface area (Å²) in [6, 6.07) is 6.94. The van der Waals surface area contributed by atoms with Crippen molar-refractivity contribution in [1.29, 1.82) is 0 Å². The number of nitrogens with two attached hydrogens (primary N) is 1. The molecule has 3 nitrogen and oxygen atoms in total. The SMILES string of the molecule is Cc1cc(N(C)CC2CCCOC2)ccc1CC(C)N. The van der Waals surface area contributed by atoms with Crippen LogP contribution in [0.3, 0.4) is 0 Å². The van der Waals surface area contributed by atoms with Crippen LogP contribution >= 0.6 is 0 Å². The molecule has 20 heavy (non-hydrogen) atoms. The van der Waals surface area contributed by atoms with Gasteiger partial charge in [0.1, 0.15) is 0 Å². The van der Waals surface area contributed by atoms with E-state index in [4.69, 9.17) is 10.5 Å². The molecule has 2 rings (SSSR count). The summed E-state index contributed by atoms with van der Waals surface area (Å²) in [5, 5.41) is 0. The third-order valence-corrected chi connectivity index (χ3v) is 4.10. The van der Waals surface area contributed by atoms with Gasteiger partial charge >= 0.3 is 0 Å². The maximum absolute atomic E-state index is 5.89. The first kappa shape index (κ1) is 15.3. The van der Waals surface area contributed by atoms with Crippen LogP contribution < -0.4 is 10.6 Å². The van der Waals surface area contributed by atoms with Crippen molar-refractivity contribution < 1.29 is 4.74 Å². The Morgan fingerprint density at radius 3 is 2.85 bits per heavy atom. The number of hydrogen-bond acceptors (Lipinski definition) is 3. The average Bonchev–Trinajstić information content (AvgIpc) is 2.41. The molecule has 0 aliphatic carbocycles. The van der Waals surface area contributed by atoms with Gasteiger partial charge in [0, 0.05) is 31.9 Å². The highest BCUT2D eigenvalue weighted by atomic mass is 16.5. The van der Waals surface area contributed by atoms with Crippen LogP contribution in [0.4, 0.5) is 5.69 Å². The van der Waals surface area contributed by atoms with Gasteiger partial charge in [0.2, 0.25) is 0 Å². The number of benzene rings is 1. The summed E-state index contributed by atoms with van der Waals surface area (Å²) < 4.78 is 5.56. The highest BCUT2D eigenvalue weighted by molar-refractivity contribution is 5.50. The molecule has 1 saturated heterocycles. The minimum Gasteiger partial charge on any atom is -0.381 e. The van der Waals surface area contributed by atoms with E-state index in [1.807, 2.05) is 0 Å². The number of rotatable bonds is 5. The number of aryl methyl sites for hydroxylation is 1. The molecule has 0 amide bonds. The molecule has 1 aromatic rings. The molecule has 1 aromatic carbocycles. The molecule has 0 radical (unpaired) electrons. The molecular weight excluding hydrogens is 248 g/mol. The van der Waals surface area contributed by atoms with Crippen LogP contribution in [-0.4, -0.2) is 32.8 Å². The second-order valence-electron chi connectivity index (χ2n) is 6.26. The Labute approximate surface area is 123 Å². The van der Waals surface area contributed by atoms with Crippen molar-refractivity contribution >= 4 is 5.69 Å². The van der Waals surface area contributed by atoms with E-state index in [0.717, 1.165) is 26.2 Å². The lowest BCUT2D eigenvalue weighted by atomic mass is 9.99. The van der Waals surface area contributed by atoms with Gasteiger partial charge in [0.05, 0.1) is 6.61 Å². The van der Waals surface area contributed by atoms with Crippen LogP contribution in [0.5, 0.6) is 0 Å². The van der Waals surface area contributed by atoms with Gasteiger partial charge in [-0.3, -0.25) is 0 Å². The van der Waals surface area contributed by atoms with Crippen molar-refractivity contribution in [2.24, 2.45) is 11.7 Å². The van der Waals surface area contributed by atoms with Crippen molar-refractivity contribution in [3.63, 3.8) is 0 Å². The molecule has 1 heterocycles. The Morgan fingerprint density at radius 1 is 1.45 bits per heavy atom. The van der Waals surface area contributed by atoms with Gasteiger partial charge in [-0.15, -0.1) is 0 Å². The van der Waals surface area contributed by atoms with E-state index in [-0.39, 0.29) is 6.04 Å². The van der Waals surface area contributed by atoms with Crippen LogP contribution in [0.25, 0.3) is 0 Å². The largest absolute Gasteiger partial charge is 0.381 e. The van der Waals surface area contributed by atoms with Crippen molar-refractivity contribution in [2.75, 3.05) is 31.7 Å². The highest BCUT2D eigenvalue weighted by Gasteiger charge is 2.16. The molecule has 2 N–H and O–H groups in total. The molecule has 0 saturated carbocycles. The van der Waals surface area contributed by atoms with Crippen molar-refractivity contribution in [2.45, 2.75) is 39.2 Å². The van der Waals surface area contributed by atoms with Crippen molar-refractivity contribution in [3.05, 3.63) is 29.3 Å². The smallest absolute Gasteiger partial charge is 0.0511 e. The van der Waals surface area contributed by atoms with Crippen LogP contribution in [0.15, 0.2) is 18.2 Å². The molecule has 3 heteroatoms. The molecule has 2 atom stereocenters. The third-order valence-electron chi connectivity index (χ3n) is 4.10. The fourth-order valence-corrected chi connectivity index (χ4v) is 2.94. The van der Waals surface area contributed by atoms with Crippen LogP contribution in [-0.2, 0) is 11.2 Å². The van der Waals surface area contributed by atoms with Gasteiger partial charge in [-0.1, -0.05) is 6.07 Å². The molecule has 1 fully saturated rings. The van der Waals surface area contributed by atoms with E-state index in [1.54, 1.807) is 0 Å². The van der Waals surface area contributed by atoms with Gasteiger partial charge in [-0.2, -0.15) is 0 Å². The fraction of sp³-hybridized carbons (Fsp3) is 0.647. The Balaban J connectivity index is 1.98. The van der Waals surface area contributed by atoms with E-state index in [9.17, 15) is 0 Å². The summed E-state index contributed by atoms with van der Waals surface area (Å²) in [7, 11) is 2.18. The Bertz CT molecular complexity index is 425. The van der Waals surface area contributed by atoms with Crippen molar-refractivity contribution in [1.82, 2.24) is 0 Å². The minimum absolute atomic E-state index is 0.219. The van der Waals surface area contributed by atoms with E-state index in [0.29, 0.717) is 5.92 Å². The number of nitrogens with zero attached hydrogens (tertiary/aromatic N) is 1. The molecule has 1 aliphatic rings. The molecule has 0 spiro atoms. The van der Waals surface area contributed by atoms with E-state index in [1.165, 1.54) is 29.7 Å². The lowest BCUT2D eigenvalue weighted by Gasteiger charge is -2.29. The molecule has 112 valence electrons. The minimum atomic E-state index is 0.219. The lowest BCUT2D eigenvalue weighted by Crippen LogP contribution is -2.30. The first-order chi connectivity index (χ1) is 9.56. The average molecular weight is 276 g/mol. The normalized spacial score (nSPS) is 20.7. The topological polar surface area (TPSA) is 38.5 Å². The van der Waals surface area contributed by atoms with E-state index < -0.39 is 0 Å². The predicted octanol–water partition coefficient (Wildman–Crippen LogP) is 2.75. The summed E-state index contributed by atoms with van der Waals surface area (Å²) >= 11 is 0. The van der Waals surface area contributed by atoms with Crippen molar-refractivity contribution in [3.8, 4) is 0 Å². The number of ether oxygens (including phenoxy) is 1. The molecular formula is C17H28N2O. The zero-order valence-corrected chi connectivity index (χ0v) is 13.1. The standard InChI is InChI=1S/C17H28N2O/c1-13-9-17(7-6-16(13)10-14(2)18)19(3)11-15-5-4-8-20-12-15/h6-7,9,14-15H,4-5,8,10-12,18H2,1-3H3. The highest BCUT2D eigenvalue weighted by Crippen LogP contribution is 2.22. The van der Waals surface area contributed by atoms with Crippen LogP contribution in [0, 0.1) is 12.8 Å². The Kier molecular flexibility index (Phi) is 5.44. The lowest BCUT2D eigenvalue weighted by molar-refractivity contribution is 0.0576. The summed E-state index contributed by atoms with van der Waals surface area (Å²) in [5.74, 6) is 0.665. The van der Waals surface area contributed by atoms with E-state index in [2.05, 4.69) is 44.0 Å². The second-order valence-corrected chi connectivity index (χ2v) is 6.26. The maximum Gasteiger partial charge on any atom is 0.0511 e. The zero-order valence-electron chi connectivity index (χ0n) is 13.1. The summed E-state index contributed by atoms with van der Waals surface area (Å²) in [5.41, 5.74) is 9.88. The van der Waals surface area contributed by atoms with Gasteiger partial charge in [0.25, 0.3) is 0 Å². The van der Waals surface area contributed by atoms with Crippen LogP contribution in [0.1, 0.15) is 30.9 Å². The van der Waals surface area contributed by atoms with E-state index >= 15 is 0 Å². The maximum atomic E-state index is 5.89. The molecule has 0 bridgehead atoms. The summed E-state index contributed by atoms with van der Waals surface area (Å²) in [4.78, 5) is 2.35. The van der Waals surface area contributed by atoms with Gasteiger partial charge in [0.15, 0.2) is 0 Å². The van der Waals surface area contributed by atoms with Gasteiger partial charge < -0.3 is 15.4 Å². The Morgan fingerprint density at radius 2 is 2.25 bits per heavy atom. The quantitative estimate of drug-likeness (QED) is 0.898. The summed E-state index contributed by atoms with van der Waals surface area (Å²) in [6.07, 6.45) is 3.43.